The van der Waals surface area contributed by atoms with Gasteiger partial charge >= 0.3 is 0 Å². The second-order valence-corrected chi connectivity index (χ2v) is 4.46. The van der Waals surface area contributed by atoms with Crippen LogP contribution in [0.4, 0.5) is 0 Å². The zero-order chi connectivity index (χ0) is 9.71. The summed E-state index contributed by atoms with van der Waals surface area (Å²) in [6.45, 7) is 4.43. The van der Waals surface area contributed by atoms with Crippen molar-refractivity contribution < 1.29 is 4.42 Å². The molecule has 0 amide bonds. The molecule has 2 aliphatic rings. The number of nitrogens with zero attached hydrogens (tertiary/aromatic N) is 3. The topological polar surface area (TPSA) is 42.2 Å². The smallest absolute Gasteiger partial charge is 0.220 e. The lowest BCUT2D eigenvalue weighted by Crippen LogP contribution is -2.18. The van der Waals surface area contributed by atoms with Crippen molar-refractivity contribution in [3.8, 4) is 0 Å². The van der Waals surface area contributed by atoms with Crippen LogP contribution in [0.3, 0.4) is 0 Å². The van der Waals surface area contributed by atoms with E-state index >= 15 is 0 Å². The molecule has 1 aromatic rings. The van der Waals surface area contributed by atoms with Crippen molar-refractivity contribution in [2.24, 2.45) is 11.8 Å². The quantitative estimate of drug-likeness (QED) is 0.700. The molecular weight excluding hydrogens is 178 g/mol. The summed E-state index contributed by atoms with van der Waals surface area (Å²) >= 11 is 0. The van der Waals surface area contributed by atoms with Crippen molar-refractivity contribution in [3.05, 3.63) is 11.8 Å². The van der Waals surface area contributed by atoms with Crippen molar-refractivity contribution >= 4 is 0 Å². The van der Waals surface area contributed by atoms with Gasteiger partial charge in [0.15, 0.2) is 0 Å². The van der Waals surface area contributed by atoms with E-state index in [1.807, 2.05) is 6.92 Å². The molecule has 1 aliphatic carbocycles. The zero-order valence-corrected chi connectivity index (χ0v) is 8.60. The summed E-state index contributed by atoms with van der Waals surface area (Å²) in [4.78, 5) is 2.38. The summed E-state index contributed by atoms with van der Waals surface area (Å²) in [5, 5.41) is 8.13. The molecule has 0 radical (unpaired) electrons. The van der Waals surface area contributed by atoms with Gasteiger partial charge in [-0.1, -0.05) is 6.92 Å². The van der Waals surface area contributed by atoms with Gasteiger partial charge in [0.1, 0.15) is 0 Å². The van der Waals surface area contributed by atoms with Crippen LogP contribution in [0.25, 0.3) is 0 Å². The minimum Gasteiger partial charge on any atom is -0.425 e. The Hall–Kier alpha value is -0.900. The number of hydrogen-bond acceptors (Lipinski definition) is 4. The molecule has 76 valence electrons. The first-order valence-corrected chi connectivity index (χ1v) is 5.30. The van der Waals surface area contributed by atoms with E-state index in [1.165, 1.54) is 13.1 Å². The maximum absolute atomic E-state index is 5.59. The van der Waals surface area contributed by atoms with Crippen molar-refractivity contribution in [1.82, 2.24) is 15.1 Å². The SMILES string of the molecule is CCc1nnc(C2[C@H]3CN(C)C[C@@H]23)o1. The summed E-state index contributed by atoms with van der Waals surface area (Å²) in [7, 11) is 2.18. The summed E-state index contributed by atoms with van der Waals surface area (Å²) in [5.74, 6) is 3.79. The molecule has 3 rings (SSSR count). The van der Waals surface area contributed by atoms with Gasteiger partial charge in [0.2, 0.25) is 11.8 Å². The Balaban J connectivity index is 1.74. The highest BCUT2D eigenvalue weighted by molar-refractivity contribution is 5.17. The standard InChI is InChI=1S/C10H15N3O/c1-3-8-11-12-10(14-8)9-6-4-13(2)5-7(6)9/h6-7,9H,3-5H2,1-2H3/t6-,7+,9?. The molecule has 0 aromatic carbocycles. The van der Waals surface area contributed by atoms with Crippen LogP contribution in [-0.4, -0.2) is 35.2 Å². The van der Waals surface area contributed by atoms with Crippen LogP contribution >= 0.6 is 0 Å². The first kappa shape index (κ1) is 8.41. The second kappa shape index (κ2) is 2.79. The van der Waals surface area contributed by atoms with Crippen LogP contribution in [0.2, 0.25) is 0 Å². The Morgan fingerprint density at radius 3 is 2.64 bits per heavy atom. The molecule has 0 N–H and O–H groups in total. The minimum atomic E-state index is 0.569. The van der Waals surface area contributed by atoms with E-state index in [1.54, 1.807) is 0 Å². The maximum atomic E-state index is 5.59. The molecule has 4 nitrogen and oxygen atoms in total. The monoisotopic (exact) mass is 193 g/mol. The third-order valence-electron chi connectivity index (χ3n) is 3.45. The molecule has 3 atom stereocenters. The van der Waals surface area contributed by atoms with Gasteiger partial charge in [-0.2, -0.15) is 0 Å². The maximum Gasteiger partial charge on any atom is 0.220 e. The summed E-state index contributed by atoms with van der Waals surface area (Å²) in [6, 6.07) is 0. The minimum absolute atomic E-state index is 0.569. The van der Waals surface area contributed by atoms with Gasteiger partial charge in [-0.25, -0.2) is 0 Å². The summed E-state index contributed by atoms with van der Waals surface area (Å²) < 4.78 is 5.59. The highest BCUT2D eigenvalue weighted by Crippen LogP contribution is 2.57. The number of aromatic nitrogens is 2. The molecule has 2 fully saturated rings. The van der Waals surface area contributed by atoms with Crippen molar-refractivity contribution in [2.75, 3.05) is 20.1 Å². The van der Waals surface area contributed by atoms with Crippen molar-refractivity contribution in [2.45, 2.75) is 19.3 Å². The zero-order valence-electron chi connectivity index (χ0n) is 8.60. The molecule has 0 bridgehead atoms. The van der Waals surface area contributed by atoms with E-state index in [0.29, 0.717) is 5.92 Å². The van der Waals surface area contributed by atoms with Crippen LogP contribution < -0.4 is 0 Å². The van der Waals surface area contributed by atoms with E-state index in [0.717, 1.165) is 30.0 Å². The van der Waals surface area contributed by atoms with Crippen molar-refractivity contribution in [3.63, 3.8) is 0 Å². The molecule has 4 heteroatoms. The van der Waals surface area contributed by atoms with Gasteiger partial charge < -0.3 is 9.32 Å². The molecular formula is C10H15N3O. The number of likely N-dealkylation sites (tertiary alicyclic amines) is 1. The van der Waals surface area contributed by atoms with E-state index in [4.69, 9.17) is 4.42 Å². The molecule has 1 saturated carbocycles. The third-order valence-corrected chi connectivity index (χ3v) is 3.45. The Labute approximate surface area is 83.3 Å². The van der Waals surface area contributed by atoms with Crippen LogP contribution in [-0.2, 0) is 6.42 Å². The lowest BCUT2D eigenvalue weighted by Gasteiger charge is -2.10. The lowest BCUT2D eigenvalue weighted by atomic mass is 10.3. The summed E-state index contributed by atoms with van der Waals surface area (Å²) in [5.41, 5.74) is 0. The Kier molecular flexibility index (Phi) is 1.68. The molecule has 1 aromatic heterocycles. The molecule has 0 spiro atoms. The molecule has 2 heterocycles. The number of rotatable bonds is 2. The molecule has 1 saturated heterocycles. The lowest BCUT2D eigenvalue weighted by molar-refractivity contribution is 0.344. The average molecular weight is 193 g/mol. The third kappa shape index (κ3) is 1.10. The van der Waals surface area contributed by atoms with Gasteiger partial charge in [0.25, 0.3) is 0 Å². The van der Waals surface area contributed by atoms with Crippen LogP contribution in [0.5, 0.6) is 0 Å². The highest BCUT2D eigenvalue weighted by atomic mass is 16.4. The number of fused-ring (bicyclic) bond motifs is 1. The van der Waals surface area contributed by atoms with E-state index < -0.39 is 0 Å². The van der Waals surface area contributed by atoms with E-state index in [9.17, 15) is 0 Å². The van der Waals surface area contributed by atoms with Gasteiger partial charge in [-0.05, 0) is 18.9 Å². The van der Waals surface area contributed by atoms with Gasteiger partial charge in [0.05, 0.1) is 0 Å². The first-order valence-electron chi connectivity index (χ1n) is 5.30. The predicted octanol–water partition coefficient (Wildman–Crippen LogP) is 0.907. The van der Waals surface area contributed by atoms with Crippen LogP contribution in [0.1, 0.15) is 24.6 Å². The van der Waals surface area contributed by atoms with Crippen molar-refractivity contribution in [1.29, 1.82) is 0 Å². The fourth-order valence-electron chi connectivity index (χ4n) is 2.65. The largest absolute Gasteiger partial charge is 0.425 e. The van der Waals surface area contributed by atoms with E-state index in [-0.39, 0.29) is 0 Å². The second-order valence-electron chi connectivity index (χ2n) is 4.46. The molecule has 14 heavy (non-hydrogen) atoms. The van der Waals surface area contributed by atoms with E-state index in [2.05, 4.69) is 22.1 Å². The van der Waals surface area contributed by atoms with Gasteiger partial charge in [-0.3, -0.25) is 0 Å². The highest BCUT2D eigenvalue weighted by Gasteiger charge is 2.58. The average Bonchev–Trinajstić information content (AvgIpc) is 2.62. The Morgan fingerprint density at radius 2 is 2.07 bits per heavy atom. The number of hydrogen-bond donors (Lipinski definition) is 0. The fourth-order valence-corrected chi connectivity index (χ4v) is 2.65. The van der Waals surface area contributed by atoms with Crippen LogP contribution in [0.15, 0.2) is 4.42 Å². The Morgan fingerprint density at radius 1 is 1.36 bits per heavy atom. The Bertz CT molecular complexity index is 337. The van der Waals surface area contributed by atoms with Gasteiger partial charge in [-0.15, -0.1) is 10.2 Å². The van der Waals surface area contributed by atoms with Crippen LogP contribution in [0, 0.1) is 11.8 Å². The van der Waals surface area contributed by atoms with Gasteiger partial charge in [0, 0.05) is 25.4 Å². The molecule has 1 aliphatic heterocycles. The first-order chi connectivity index (χ1) is 6.79. The predicted molar refractivity (Wildman–Crippen MR) is 50.9 cm³/mol. The normalized spacial score (nSPS) is 36.0. The summed E-state index contributed by atoms with van der Waals surface area (Å²) in [6.07, 6.45) is 0.842. The fraction of sp³-hybridized carbons (Fsp3) is 0.800. The molecule has 1 unspecified atom stereocenters. The number of aryl methyl sites for hydroxylation is 1. The number of piperidine rings is 1.